The summed E-state index contributed by atoms with van der Waals surface area (Å²) in [7, 11) is 0. The summed E-state index contributed by atoms with van der Waals surface area (Å²) in [4.78, 5) is 0. The Morgan fingerprint density at radius 1 is 0.426 bits per heavy atom. The average Bonchev–Trinajstić information content (AvgIpc) is 3.25. The Balaban J connectivity index is 0.795. The van der Waals surface area contributed by atoms with Crippen LogP contribution in [0, 0.1) is 29.6 Å². The van der Waals surface area contributed by atoms with E-state index in [9.17, 15) is 0 Å². The second kappa shape index (κ2) is 13.6. The Labute approximate surface area is 323 Å². The Bertz CT molecular complexity index is 2290. The molecule has 0 aliphatic heterocycles. The fourth-order valence-electron chi connectivity index (χ4n) is 11.5. The molecule has 11 aliphatic carbocycles. The number of allylic oxidation sites excluding steroid dienone is 36. The SMILES string of the molecule is C1=CC2C=CC3=C(C=CC(C4=CCCC(C5=CC6=C(CC5)C5=C(C=C(C7=CC(C8=CC9C=CC%10=C(C=CCC%10)C9C=C8)=CCC7)CC5)CC6)=C4)C3)C2C=C1. The van der Waals surface area contributed by atoms with Crippen LogP contribution >= 0.6 is 0 Å². The second-order valence-electron chi connectivity index (χ2n) is 17.4. The van der Waals surface area contributed by atoms with Gasteiger partial charge >= 0.3 is 0 Å². The van der Waals surface area contributed by atoms with Gasteiger partial charge in [-0.15, -0.1) is 0 Å². The molecule has 0 N–H and O–H groups in total. The second-order valence-corrected chi connectivity index (χ2v) is 17.4. The molecule has 0 fully saturated rings. The molecule has 268 valence electrons. The topological polar surface area (TPSA) is 0 Å². The molecule has 0 spiro atoms. The van der Waals surface area contributed by atoms with Crippen molar-refractivity contribution in [3.05, 3.63) is 211 Å². The van der Waals surface area contributed by atoms with E-state index in [0.29, 0.717) is 29.6 Å². The highest BCUT2D eigenvalue weighted by Gasteiger charge is 2.32. The van der Waals surface area contributed by atoms with Crippen LogP contribution in [0.3, 0.4) is 0 Å². The summed E-state index contributed by atoms with van der Waals surface area (Å²) in [5, 5.41) is 0. The van der Waals surface area contributed by atoms with E-state index in [-0.39, 0.29) is 0 Å². The summed E-state index contributed by atoms with van der Waals surface area (Å²) >= 11 is 0. The van der Waals surface area contributed by atoms with Crippen molar-refractivity contribution in [1.82, 2.24) is 0 Å². The first-order valence-corrected chi connectivity index (χ1v) is 21.3. The number of hydrogen-bond acceptors (Lipinski definition) is 0. The Kier molecular flexibility index (Phi) is 8.22. The molecule has 0 aromatic heterocycles. The molecule has 11 rings (SSSR count). The number of rotatable bonds is 4. The smallest absolute Gasteiger partial charge is 0.0122 e. The van der Waals surface area contributed by atoms with E-state index in [0.717, 1.165) is 12.8 Å². The van der Waals surface area contributed by atoms with Crippen LogP contribution in [0.2, 0.25) is 0 Å². The van der Waals surface area contributed by atoms with E-state index in [1.54, 1.807) is 72.5 Å². The lowest BCUT2D eigenvalue weighted by Crippen LogP contribution is -2.20. The average molecular weight is 701 g/mol. The Morgan fingerprint density at radius 2 is 1.13 bits per heavy atom. The van der Waals surface area contributed by atoms with E-state index < -0.39 is 0 Å². The molecule has 0 saturated carbocycles. The normalized spacial score (nSPS) is 32.0. The molecule has 0 radical (unpaired) electrons. The summed E-state index contributed by atoms with van der Waals surface area (Å²) in [6.45, 7) is 0. The van der Waals surface area contributed by atoms with Gasteiger partial charge in [0, 0.05) is 29.6 Å². The summed E-state index contributed by atoms with van der Waals surface area (Å²) in [5.74, 6) is 2.53. The van der Waals surface area contributed by atoms with Crippen molar-refractivity contribution in [3.63, 3.8) is 0 Å². The zero-order valence-corrected chi connectivity index (χ0v) is 31.7. The van der Waals surface area contributed by atoms with Crippen LogP contribution in [0.25, 0.3) is 0 Å². The highest BCUT2D eigenvalue weighted by atomic mass is 14.4. The van der Waals surface area contributed by atoms with E-state index in [1.165, 1.54) is 81.8 Å². The van der Waals surface area contributed by atoms with Crippen molar-refractivity contribution in [2.75, 3.05) is 0 Å². The standard InChI is InChI=1S/C54H52/c1-3-13-49-35(7-1)15-17-45-31-41(21-25-51(45)49)37-9-5-11-39(29-37)43-23-27-53-47(33-43)19-20-48-34-44(24-28-54(48)53)40-12-6-10-38(30-40)42-22-26-52-46(32-42)18-16-36-8-2-4-14-50(36)52/h1,3-4,7,9-10,13-18,21-22,25-26,29-30,32-35,41,46,49,52H,2,5-6,8,11-12,19-20,23-24,27-28,31H2. The molecule has 0 bridgehead atoms. The van der Waals surface area contributed by atoms with E-state index in [2.05, 4.69) is 128 Å². The van der Waals surface area contributed by atoms with Gasteiger partial charge in [0.05, 0.1) is 0 Å². The van der Waals surface area contributed by atoms with Gasteiger partial charge in [-0.25, -0.2) is 0 Å². The van der Waals surface area contributed by atoms with Crippen molar-refractivity contribution >= 4 is 0 Å². The van der Waals surface area contributed by atoms with E-state index >= 15 is 0 Å². The lowest BCUT2D eigenvalue weighted by atomic mass is 9.71. The fraction of sp³-hybridized carbons (Fsp3) is 0.333. The van der Waals surface area contributed by atoms with Gasteiger partial charge in [-0.2, -0.15) is 0 Å². The number of hydrogen-bond donors (Lipinski definition) is 0. The Hall–Kier alpha value is -4.68. The van der Waals surface area contributed by atoms with Crippen LogP contribution in [-0.4, -0.2) is 0 Å². The zero-order chi connectivity index (χ0) is 35.6. The van der Waals surface area contributed by atoms with Gasteiger partial charge in [-0.1, -0.05) is 128 Å². The minimum absolute atomic E-state index is 0.477. The first-order valence-electron chi connectivity index (χ1n) is 21.3. The Morgan fingerprint density at radius 3 is 1.98 bits per heavy atom. The van der Waals surface area contributed by atoms with E-state index in [4.69, 9.17) is 0 Å². The molecule has 0 nitrogen and oxygen atoms in total. The van der Waals surface area contributed by atoms with E-state index in [1.807, 2.05) is 0 Å². The van der Waals surface area contributed by atoms with Crippen molar-refractivity contribution in [1.29, 1.82) is 0 Å². The van der Waals surface area contributed by atoms with Crippen molar-refractivity contribution < 1.29 is 0 Å². The third-order valence-electron chi connectivity index (χ3n) is 14.4. The van der Waals surface area contributed by atoms with Crippen LogP contribution in [0.1, 0.15) is 83.5 Å². The molecule has 0 aromatic carbocycles. The van der Waals surface area contributed by atoms with Gasteiger partial charge in [-0.05, 0) is 167 Å². The van der Waals surface area contributed by atoms with Crippen LogP contribution in [-0.2, 0) is 0 Å². The van der Waals surface area contributed by atoms with Crippen LogP contribution in [0.15, 0.2) is 211 Å². The molecule has 11 aliphatic rings. The quantitative estimate of drug-likeness (QED) is 0.274. The first-order chi connectivity index (χ1) is 26.7. The van der Waals surface area contributed by atoms with Crippen molar-refractivity contribution in [3.8, 4) is 0 Å². The molecule has 0 aromatic rings. The zero-order valence-electron chi connectivity index (χ0n) is 31.7. The highest BCUT2D eigenvalue weighted by Crippen LogP contribution is 2.48. The molecule has 5 atom stereocenters. The largest absolute Gasteiger partial charge is 0.0839 e. The molecule has 54 heavy (non-hydrogen) atoms. The lowest BCUT2D eigenvalue weighted by Gasteiger charge is -2.34. The fourth-order valence-corrected chi connectivity index (χ4v) is 11.5. The van der Waals surface area contributed by atoms with Crippen LogP contribution in [0.4, 0.5) is 0 Å². The lowest BCUT2D eigenvalue weighted by molar-refractivity contribution is 0.605. The maximum Gasteiger partial charge on any atom is 0.0122 e. The first kappa shape index (κ1) is 32.7. The molecule has 0 saturated heterocycles. The third kappa shape index (κ3) is 5.80. The molecule has 0 heterocycles. The van der Waals surface area contributed by atoms with Gasteiger partial charge in [0.1, 0.15) is 0 Å². The predicted octanol–water partition coefficient (Wildman–Crippen LogP) is 13.9. The third-order valence-corrected chi connectivity index (χ3v) is 14.4. The maximum absolute atomic E-state index is 2.64. The van der Waals surface area contributed by atoms with Crippen molar-refractivity contribution in [2.45, 2.75) is 83.5 Å². The monoisotopic (exact) mass is 700 g/mol. The molecular weight excluding hydrogens is 649 g/mol. The van der Waals surface area contributed by atoms with Gasteiger partial charge in [-0.3, -0.25) is 0 Å². The van der Waals surface area contributed by atoms with Gasteiger partial charge in [0.2, 0.25) is 0 Å². The molecule has 0 heteroatoms. The molecular formula is C54H52. The van der Waals surface area contributed by atoms with Crippen LogP contribution < -0.4 is 0 Å². The molecule has 0 amide bonds. The predicted molar refractivity (Wildman–Crippen MR) is 226 cm³/mol. The minimum atomic E-state index is 0.477. The summed E-state index contributed by atoms with van der Waals surface area (Å²) in [6, 6.07) is 0. The van der Waals surface area contributed by atoms with Gasteiger partial charge < -0.3 is 0 Å². The van der Waals surface area contributed by atoms with Crippen LogP contribution in [0.5, 0.6) is 0 Å². The summed E-state index contributed by atoms with van der Waals surface area (Å²) in [6.07, 6.45) is 66.9. The van der Waals surface area contributed by atoms with Gasteiger partial charge in [0.15, 0.2) is 0 Å². The molecule has 5 unspecified atom stereocenters. The van der Waals surface area contributed by atoms with Gasteiger partial charge in [0.25, 0.3) is 0 Å². The minimum Gasteiger partial charge on any atom is -0.0839 e. The summed E-state index contributed by atoms with van der Waals surface area (Å²) < 4.78 is 0. The highest BCUT2D eigenvalue weighted by molar-refractivity contribution is 5.61. The number of fused-ring (bicyclic) bond motifs is 5. The summed E-state index contributed by atoms with van der Waals surface area (Å²) in [5.41, 5.74) is 23.7. The maximum atomic E-state index is 2.64. The van der Waals surface area contributed by atoms with Crippen molar-refractivity contribution in [2.24, 2.45) is 29.6 Å².